The van der Waals surface area contributed by atoms with Crippen LogP contribution in [0.4, 0.5) is 0 Å². The summed E-state index contributed by atoms with van der Waals surface area (Å²) in [5.41, 5.74) is 9.22. The van der Waals surface area contributed by atoms with Gasteiger partial charge in [0, 0.05) is 37.9 Å². The van der Waals surface area contributed by atoms with Crippen molar-refractivity contribution in [3.63, 3.8) is 0 Å². The summed E-state index contributed by atoms with van der Waals surface area (Å²) in [6.07, 6.45) is 3.89. The first-order valence-electron chi connectivity index (χ1n) is 15.4. The molecule has 0 aliphatic rings. The van der Waals surface area contributed by atoms with E-state index in [1.54, 1.807) is 0 Å². The molecule has 0 amide bonds. The number of hydrogen-bond donors (Lipinski definition) is 0. The summed E-state index contributed by atoms with van der Waals surface area (Å²) in [7, 11) is -1.23. The number of rotatable bonds is 4. The van der Waals surface area contributed by atoms with Crippen molar-refractivity contribution >= 4 is 35.2 Å². The third kappa shape index (κ3) is 7.29. The molecule has 4 aromatic carbocycles. The van der Waals surface area contributed by atoms with E-state index < -0.39 is 8.07 Å². The Balaban J connectivity index is 0.000000209. The Labute approximate surface area is 287 Å². The minimum Gasteiger partial charge on any atom is -0.501 e. The van der Waals surface area contributed by atoms with Crippen LogP contribution in [-0.2, 0) is 25.5 Å². The van der Waals surface area contributed by atoms with Crippen molar-refractivity contribution in [1.82, 2.24) is 9.97 Å². The van der Waals surface area contributed by atoms with Crippen LogP contribution in [0.2, 0.25) is 19.6 Å². The SMILES string of the molecule is CC(C)(C)c1ccnc(-c2[c-]ccc3c2oc2cc(-c4ccccc4)ccc23)c1.C[Si](C)(C)c1ccc(-c2[c-]cccc2)nc1.[Ir]. The molecule has 0 saturated carbocycles. The topological polar surface area (TPSA) is 38.9 Å². The molecule has 0 atom stereocenters. The molecule has 1 radical (unpaired) electrons. The minimum atomic E-state index is -1.23. The summed E-state index contributed by atoms with van der Waals surface area (Å²) in [6.45, 7) is 13.6. The van der Waals surface area contributed by atoms with Crippen molar-refractivity contribution in [1.29, 1.82) is 0 Å². The summed E-state index contributed by atoms with van der Waals surface area (Å²) in [6, 6.07) is 43.8. The molecule has 233 valence electrons. The zero-order valence-electron chi connectivity index (χ0n) is 27.2. The Hall–Kier alpha value is -4.15. The molecule has 3 aromatic heterocycles. The summed E-state index contributed by atoms with van der Waals surface area (Å²) in [5, 5.41) is 3.60. The zero-order chi connectivity index (χ0) is 31.6. The Morgan fingerprint density at radius 1 is 0.674 bits per heavy atom. The van der Waals surface area contributed by atoms with E-state index in [4.69, 9.17) is 4.42 Å². The molecule has 3 nitrogen and oxygen atoms in total. The fourth-order valence-corrected chi connectivity index (χ4v) is 6.36. The molecule has 0 bridgehead atoms. The predicted molar refractivity (Wildman–Crippen MR) is 191 cm³/mol. The first kappa shape index (κ1) is 33.2. The molecule has 5 heteroatoms. The zero-order valence-corrected chi connectivity index (χ0v) is 30.6. The molecule has 0 aliphatic carbocycles. The first-order chi connectivity index (χ1) is 21.6. The molecule has 0 aliphatic heterocycles. The van der Waals surface area contributed by atoms with Crippen molar-refractivity contribution in [2.24, 2.45) is 0 Å². The van der Waals surface area contributed by atoms with Crippen LogP contribution in [-0.4, -0.2) is 18.0 Å². The third-order valence-electron chi connectivity index (χ3n) is 8.04. The van der Waals surface area contributed by atoms with E-state index in [2.05, 4.69) is 135 Å². The van der Waals surface area contributed by atoms with E-state index in [1.807, 2.05) is 48.8 Å². The van der Waals surface area contributed by atoms with Crippen molar-refractivity contribution in [2.75, 3.05) is 0 Å². The van der Waals surface area contributed by atoms with Crippen LogP contribution in [0.1, 0.15) is 26.3 Å². The molecule has 7 rings (SSSR count). The maximum Gasteiger partial charge on any atom is 0.121 e. The quantitative estimate of drug-likeness (QED) is 0.132. The molecular weight excluding hydrogens is 757 g/mol. The van der Waals surface area contributed by atoms with Gasteiger partial charge in [-0.05, 0) is 50.8 Å². The van der Waals surface area contributed by atoms with Crippen LogP contribution >= 0.6 is 0 Å². The molecular formula is C41H38IrN2OSi-2. The number of hydrogen-bond acceptors (Lipinski definition) is 3. The summed E-state index contributed by atoms with van der Waals surface area (Å²) in [4.78, 5) is 9.14. The second-order valence-electron chi connectivity index (χ2n) is 13.4. The summed E-state index contributed by atoms with van der Waals surface area (Å²) in [5.74, 6) is 0. The monoisotopic (exact) mass is 795 g/mol. The number of fused-ring (bicyclic) bond motifs is 3. The molecule has 0 N–H and O–H groups in total. The standard InChI is InChI=1S/C27H22NO.C14H16NSi.Ir/c1-27(2,3)20-14-15-28-24(17-20)23-11-7-10-22-21-13-12-19(16-25(21)29-26(22)23)18-8-5-4-6-9-18;1-16(2,3)13-9-10-14(15-11-13)12-7-5-4-6-8-12;/h4-10,12-17H,1-3H3;4-7,9-11H,1-3H3;/q2*-1;. The van der Waals surface area contributed by atoms with E-state index in [9.17, 15) is 0 Å². The van der Waals surface area contributed by atoms with E-state index >= 15 is 0 Å². The fourth-order valence-electron chi connectivity index (χ4n) is 5.33. The van der Waals surface area contributed by atoms with E-state index in [0.717, 1.165) is 50.0 Å². The number of nitrogens with zero attached hydrogens (tertiary/aromatic N) is 2. The Morgan fingerprint density at radius 3 is 2.13 bits per heavy atom. The molecule has 0 fully saturated rings. The number of pyridine rings is 2. The van der Waals surface area contributed by atoms with Gasteiger partial charge in [0.25, 0.3) is 0 Å². The summed E-state index contributed by atoms with van der Waals surface area (Å²) < 4.78 is 6.35. The third-order valence-corrected chi connectivity index (χ3v) is 10.1. The number of aromatic nitrogens is 2. The summed E-state index contributed by atoms with van der Waals surface area (Å²) >= 11 is 0. The van der Waals surface area contributed by atoms with Crippen LogP contribution in [0, 0.1) is 12.1 Å². The minimum absolute atomic E-state index is 0. The molecule has 0 unspecified atom stereocenters. The second kappa shape index (κ2) is 13.7. The normalized spacial score (nSPS) is 11.5. The molecule has 3 heterocycles. The Morgan fingerprint density at radius 2 is 1.46 bits per heavy atom. The van der Waals surface area contributed by atoms with Gasteiger partial charge in [0.15, 0.2) is 0 Å². The fraction of sp³-hybridized carbons (Fsp3) is 0.171. The van der Waals surface area contributed by atoms with Crippen molar-refractivity contribution in [2.45, 2.75) is 45.8 Å². The van der Waals surface area contributed by atoms with E-state index in [-0.39, 0.29) is 25.5 Å². The van der Waals surface area contributed by atoms with Crippen molar-refractivity contribution < 1.29 is 24.5 Å². The Kier molecular flexibility index (Phi) is 9.88. The Bertz CT molecular complexity index is 2060. The average Bonchev–Trinajstić information content (AvgIpc) is 3.43. The largest absolute Gasteiger partial charge is 0.501 e. The number of furan rings is 1. The van der Waals surface area contributed by atoms with Gasteiger partial charge in [-0.3, -0.25) is 0 Å². The maximum atomic E-state index is 6.35. The van der Waals surface area contributed by atoms with Gasteiger partial charge in [-0.15, -0.1) is 54.1 Å². The van der Waals surface area contributed by atoms with Crippen LogP contribution in [0.25, 0.3) is 55.6 Å². The van der Waals surface area contributed by atoms with Crippen LogP contribution in [0.3, 0.4) is 0 Å². The van der Waals surface area contributed by atoms with Gasteiger partial charge in [-0.25, -0.2) is 0 Å². The van der Waals surface area contributed by atoms with Gasteiger partial charge >= 0.3 is 0 Å². The van der Waals surface area contributed by atoms with Gasteiger partial charge < -0.3 is 14.4 Å². The van der Waals surface area contributed by atoms with Crippen LogP contribution < -0.4 is 5.19 Å². The van der Waals surface area contributed by atoms with E-state index in [0.29, 0.717) is 0 Å². The molecule has 46 heavy (non-hydrogen) atoms. The molecule has 0 spiro atoms. The van der Waals surface area contributed by atoms with Gasteiger partial charge in [0.05, 0.1) is 13.7 Å². The second-order valence-corrected chi connectivity index (χ2v) is 18.5. The van der Waals surface area contributed by atoms with Crippen molar-refractivity contribution in [3.8, 4) is 33.6 Å². The predicted octanol–water partition coefficient (Wildman–Crippen LogP) is 10.5. The average molecular weight is 795 g/mol. The van der Waals surface area contributed by atoms with Gasteiger partial charge in [-0.1, -0.05) is 112 Å². The molecule has 7 aromatic rings. The van der Waals surface area contributed by atoms with Gasteiger partial charge in [0.2, 0.25) is 0 Å². The first-order valence-corrected chi connectivity index (χ1v) is 18.9. The molecule has 0 saturated heterocycles. The van der Waals surface area contributed by atoms with Crippen LogP contribution in [0.15, 0.2) is 126 Å². The van der Waals surface area contributed by atoms with Gasteiger partial charge in [-0.2, -0.15) is 0 Å². The van der Waals surface area contributed by atoms with Gasteiger partial charge in [0.1, 0.15) is 5.58 Å². The number of benzene rings is 4. The maximum absolute atomic E-state index is 6.35. The van der Waals surface area contributed by atoms with Crippen molar-refractivity contribution in [3.05, 3.63) is 139 Å². The van der Waals surface area contributed by atoms with Crippen LogP contribution in [0.5, 0.6) is 0 Å². The van der Waals surface area contributed by atoms with E-state index in [1.165, 1.54) is 16.3 Å². The smallest absolute Gasteiger partial charge is 0.121 e.